The van der Waals surface area contributed by atoms with Crippen LogP contribution in [-0.4, -0.2) is 14.2 Å². The summed E-state index contributed by atoms with van der Waals surface area (Å²) in [5.74, 6) is 1.57. The maximum absolute atomic E-state index is 6.03. The van der Waals surface area contributed by atoms with Gasteiger partial charge in [0.05, 0.1) is 24.4 Å². The number of furan rings is 1. The number of ether oxygens (including phenoxy) is 1. The van der Waals surface area contributed by atoms with Gasteiger partial charge in [-0.3, -0.25) is 0 Å². The normalized spacial score (nSPS) is 12.4. The van der Waals surface area contributed by atoms with Gasteiger partial charge < -0.3 is 14.5 Å². The predicted molar refractivity (Wildman–Crippen MR) is 72.4 cm³/mol. The molecule has 1 N–H and O–H groups in total. The monoisotopic (exact) mass is 265 g/mol. The van der Waals surface area contributed by atoms with Crippen LogP contribution in [-0.2, 0) is 0 Å². The predicted octanol–water partition coefficient (Wildman–Crippen LogP) is 3.56. The van der Waals surface area contributed by atoms with Gasteiger partial charge in [0.25, 0.3) is 0 Å². The Labute approximate surface area is 112 Å². The Balaban J connectivity index is 2.42. The van der Waals surface area contributed by atoms with E-state index in [0.29, 0.717) is 10.8 Å². The molecule has 0 bridgehead atoms. The Morgan fingerprint density at radius 3 is 2.67 bits per heavy atom. The lowest BCUT2D eigenvalue weighted by Gasteiger charge is -2.16. The van der Waals surface area contributed by atoms with E-state index in [0.717, 1.165) is 16.9 Å². The van der Waals surface area contributed by atoms with Crippen LogP contribution in [0.3, 0.4) is 0 Å². The molecular weight excluding hydrogens is 250 g/mol. The summed E-state index contributed by atoms with van der Waals surface area (Å²) in [4.78, 5) is 0. The number of hydrogen-bond donors (Lipinski definition) is 1. The first-order chi connectivity index (χ1) is 8.67. The lowest BCUT2D eigenvalue weighted by atomic mass is 10.0. The molecule has 1 heterocycles. The third kappa shape index (κ3) is 2.37. The first kappa shape index (κ1) is 13.0. The molecule has 0 aliphatic rings. The van der Waals surface area contributed by atoms with E-state index in [-0.39, 0.29) is 6.04 Å². The molecule has 1 atom stereocenters. The van der Waals surface area contributed by atoms with Gasteiger partial charge in [0.1, 0.15) is 11.5 Å². The highest BCUT2D eigenvalue weighted by atomic mass is 35.5. The minimum absolute atomic E-state index is 0.00818. The van der Waals surface area contributed by atoms with Crippen LogP contribution >= 0.6 is 11.6 Å². The number of methoxy groups -OCH3 is 1. The molecule has 0 aliphatic carbocycles. The van der Waals surface area contributed by atoms with Gasteiger partial charge in [0.2, 0.25) is 0 Å². The third-order valence-electron chi connectivity index (χ3n) is 2.96. The van der Waals surface area contributed by atoms with E-state index in [9.17, 15) is 0 Å². The maximum Gasteiger partial charge on any atom is 0.137 e. The summed E-state index contributed by atoms with van der Waals surface area (Å²) < 4.78 is 10.8. The Hall–Kier alpha value is -1.45. The van der Waals surface area contributed by atoms with Crippen molar-refractivity contribution in [1.29, 1.82) is 0 Å². The summed E-state index contributed by atoms with van der Waals surface area (Å²) in [6.45, 7) is 2.02. The summed E-state index contributed by atoms with van der Waals surface area (Å²) in [6, 6.07) is 7.66. The lowest BCUT2D eigenvalue weighted by molar-refractivity contribution is 0.412. The fourth-order valence-corrected chi connectivity index (χ4v) is 2.18. The number of hydrogen-bond acceptors (Lipinski definition) is 3. The van der Waals surface area contributed by atoms with Gasteiger partial charge in [0.15, 0.2) is 0 Å². The van der Waals surface area contributed by atoms with Crippen molar-refractivity contribution in [1.82, 2.24) is 5.32 Å². The Kier molecular flexibility index (Phi) is 3.94. The van der Waals surface area contributed by atoms with Gasteiger partial charge >= 0.3 is 0 Å². The minimum atomic E-state index is -0.00818. The minimum Gasteiger partial charge on any atom is -0.495 e. The van der Waals surface area contributed by atoms with E-state index in [4.69, 9.17) is 20.8 Å². The summed E-state index contributed by atoms with van der Waals surface area (Å²) in [5, 5.41) is 3.84. The van der Waals surface area contributed by atoms with E-state index in [1.165, 1.54) is 0 Å². The topological polar surface area (TPSA) is 34.4 Å². The van der Waals surface area contributed by atoms with Crippen LogP contribution in [0.5, 0.6) is 5.75 Å². The quantitative estimate of drug-likeness (QED) is 0.918. The number of nitrogens with one attached hydrogen (secondary N) is 1. The molecule has 0 saturated heterocycles. The zero-order chi connectivity index (χ0) is 13.1. The van der Waals surface area contributed by atoms with Crippen molar-refractivity contribution in [2.45, 2.75) is 13.0 Å². The van der Waals surface area contributed by atoms with Crippen LogP contribution in [0.2, 0.25) is 5.02 Å². The molecule has 0 spiro atoms. The molecule has 4 heteroatoms. The van der Waals surface area contributed by atoms with Crippen molar-refractivity contribution >= 4 is 11.6 Å². The van der Waals surface area contributed by atoms with Gasteiger partial charge in [-0.1, -0.05) is 17.7 Å². The second-order valence-electron chi connectivity index (χ2n) is 4.08. The molecule has 3 nitrogen and oxygen atoms in total. The smallest absolute Gasteiger partial charge is 0.137 e. The number of aryl methyl sites for hydroxylation is 1. The van der Waals surface area contributed by atoms with E-state index in [1.54, 1.807) is 13.4 Å². The fourth-order valence-electron chi connectivity index (χ4n) is 1.99. The van der Waals surface area contributed by atoms with Crippen molar-refractivity contribution in [3.05, 3.63) is 52.4 Å². The average Bonchev–Trinajstić information content (AvgIpc) is 2.79. The van der Waals surface area contributed by atoms with Crippen molar-refractivity contribution < 1.29 is 9.15 Å². The molecule has 1 aromatic heterocycles. The molecule has 96 valence electrons. The van der Waals surface area contributed by atoms with E-state index in [1.807, 2.05) is 38.2 Å². The highest BCUT2D eigenvalue weighted by molar-refractivity contribution is 6.32. The van der Waals surface area contributed by atoms with Crippen LogP contribution in [0.4, 0.5) is 0 Å². The van der Waals surface area contributed by atoms with E-state index < -0.39 is 0 Å². The Bertz CT molecular complexity index is 536. The molecule has 0 aliphatic heterocycles. The fraction of sp³-hybridized carbons (Fsp3) is 0.286. The summed E-state index contributed by atoms with van der Waals surface area (Å²) >= 11 is 6.03. The van der Waals surface area contributed by atoms with Crippen LogP contribution in [0.25, 0.3) is 0 Å². The zero-order valence-electron chi connectivity index (χ0n) is 10.7. The van der Waals surface area contributed by atoms with Crippen molar-refractivity contribution in [3.8, 4) is 5.75 Å². The molecule has 18 heavy (non-hydrogen) atoms. The molecule has 0 saturated carbocycles. The van der Waals surface area contributed by atoms with Gasteiger partial charge in [0, 0.05) is 0 Å². The highest BCUT2D eigenvalue weighted by Gasteiger charge is 2.18. The van der Waals surface area contributed by atoms with Gasteiger partial charge in [-0.15, -0.1) is 0 Å². The number of halogens is 1. The molecule has 1 aromatic carbocycles. The van der Waals surface area contributed by atoms with Gasteiger partial charge in [-0.05, 0) is 43.3 Å². The second kappa shape index (κ2) is 5.46. The van der Waals surface area contributed by atoms with Crippen LogP contribution in [0.1, 0.15) is 22.9 Å². The summed E-state index contributed by atoms with van der Waals surface area (Å²) in [5.41, 5.74) is 2.17. The first-order valence-electron chi connectivity index (χ1n) is 5.72. The van der Waals surface area contributed by atoms with Crippen molar-refractivity contribution in [2.75, 3.05) is 14.2 Å². The number of benzene rings is 1. The molecular formula is C14H16ClNO2. The summed E-state index contributed by atoms with van der Waals surface area (Å²) in [7, 11) is 3.51. The van der Waals surface area contributed by atoms with Crippen molar-refractivity contribution in [2.24, 2.45) is 0 Å². The molecule has 1 unspecified atom stereocenters. The first-order valence-corrected chi connectivity index (χ1v) is 6.10. The largest absolute Gasteiger partial charge is 0.495 e. The van der Waals surface area contributed by atoms with E-state index >= 15 is 0 Å². The molecule has 2 rings (SSSR count). The third-order valence-corrected chi connectivity index (χ3v) is 3.27. The lowest BCUT2D eigenvalue weighted by Crippen LogP contribution is -2.17. The van der Waals surface area contributed by atoms with Gasteiger partial charge in [-0.2, -0.15) is 0 Å². The number of rotatable bonds is 4. The van der Waals surface area contributed by atoms with E-state index in [2.05, 4.69) is 5.32 Å². The maximum atomic E-state index is 6.03. The Morgan fingerprint density at radius 1 is 1.33 bits per heavy atom. The molecule has 0 radical (unpaired) electrons. The molecule has 0 fully saturated rings. The standard InChI is InChI=1S/C14H16ClNO2/c1-9-6-7-18-14(9)13(16-2)10-4-5-11(15)12(8-10)17-3/h4-8,13,16H,1-3H3. The average molecular weight is 266 g/mol. The molecule has 0 amide bonds. The Morgan fingerprint density at radius 2 is 2.11 bits per heavy atom. The zero-order valence-corrected chi connectivity index (χ0v) is 11.4. The SMILES string of the molecule is CNC(c1ccc(Cl)c(OC)c1)c1occc1C. The molecule has 2 aromatic rings. The van der Waals surface area contributed by atoms with Crippen LogP contribution in [0.15, 0.2) is 34.9 Å². The van der Waals surface area contributed by atoms with Crippen LogP contribution < -0.4 is 10.1 Å². The highest BCUT2D eigenvalue weighted by Crippen LogP contribution is 2.31. The van der Waals surface area contributed by atoms with Gasteiger partial charge in [-0.25, -0.2) is 0 Å². The van der Waals surface area contributed by atoms with Crippen LogP contribution in [0, 0.1) is 6.92 Å². The summed E-state index contributed by atoms with van der Waals surface area (Å²) in [6.07, 6.45) is 1.70. The second-order valence-corrected chi connectivity index (χ2v) is 4.49. The van der Waals surface area contributed by atoms with Crippen molar-refractivity contribution in [3.63, 3.8) is 0 Å².